The molecule has 0 aromatic carbocycles. The first-order valence-electron chi connectivity index (χ1n) is 6.96. The number of hydrogen-bond donors (Lipinski definition) is 1. The van der Waals surface area contributed by atoms with Gasteiger partial charge in [0.15, 0.2) is 0 Å². The van der Waals surface area contributed by atoms with Gasteiger partial charge in [0, 0.05) is 17.9 Å². The van der Waals surface area contributed by atoms with Crippen LogP contribution in [0.3, 0.4) is 0 Å². The number of Topliss-reactive ketones (excluding diaryl/α,β-unsaturated/α-hetero) is 1. The number of carbonyl (C=O) groups excluding carboxylic acids is 1. The normalized spacial score (nSPS) is 33.1. The van der Waals surface area contributed by atoms with Crippen LogP contribution in [0.2, 0.25) is 0 Å². The Kier molecular flexibility index (Phi) is 3.68. The molecule has 2 fully saturated rings. The fourth-order valence-electron chi connectivity index (χ4n) is 3.41. The molecule has 2 nitrogen and oxygen atoms in total. The maximum atomic E-state index is 12.3. The molecule has 0 bridgehead atoms. The van der Waals surface area contributed by atoms with Gasteiger partial charge in [0.1, 0.15) is 5.78 Å². The van der Waals surface area contributed by atoms with E-state index in [4.69, 9.17) is 5.73 Å². The van der Waals surface area contributed by atoms with E-state index in [0.717, 1.165) is 25.7 Å². The highest BCUT2D eigenvalue weighted by atomic mass is 16.1. The molecule has 92 valence electrons. The lowest BCUT2D eigenvalue weighted by molar-refractivity contribution is -0.127. The fourth-order valence-corrected chi connectivity index (χ4v) is 3.41. The van der Waals surface area contributed by atoms with Gasteiger partial charge < -0.3 is 5.73 Å². The lowest BCUT2D eigenvalue weighted by Crippen LogP contribution is -2.49. The summed E-state index contributed by atoms with van der Waals surface area (Å²) in [5.41, 5.74) is 6.06. The molecule has 2 unspecified atom stereocenters. The molecule has 16 heavy (non-hydrogen) atoms. The van der Waals surface area contributed by atoms with Gasteiger partial charge in [-0.1, -0.05) is 26.2 Å². The summed E-state index contributed by atoms with van der Waals surface area (Å²) in [7, 11) is 0. The number of ketones is 1. The van der Waals surface area contributed by atoms with Gasteiger partial charge in [-0.15, -0.1) is 0 Å². The standard InChI is InChI=1S/C14H25NO/c1-2-11-6-3-4-7-12(11)13(16)10-14(15)8-5-9-14/h11-12H,2-10,15H2,1H3. The van der Waals surface area contributed by atoms with Crippen molar-refractivity contribution < 1.29 is 4.79 Å². The molecule has 0 spiro atoms. The zero-order chi connectivity index (χ0) is 11.6. The van der Waals surface area contributed by atoms with Crippen LogP contribution in [-0.2, 0) is 4.79 Å². The summed E-state index contributed by atoms with van der Waals surface area (Å²) in [6, 6.07) is 0. The molecule has 0 amide bonds. The molecule has 2 N–H and O–H groups in total. The number of nitrogens with two attached hydrogens (primary N) is 1. The number of rotatable bonds is 4. The highest BCUT2D eigenvalue weighted by Gasteiger charge is 2.38. The molecule has 0 saturated heterocycles. The van der Waals surface area contributed by atoms with Crippen LogP contribution < -0.4 is 5.73 Å². The molecule has 2 saturated carbocycles. The van der Waals surface area contributed by atoms with Crippen LogP contribution in [0.25, 0.3) is 0 Å². The van der Waals surface area contributed by atoms with Crippen molar-refractivity contribution in [2.75, 3.05) is 0 Å². The molecule has 2 aliphatic rings. The predicted molar refractivity (Wildman–Crippen MR) is 66.1 cm³/mol. The second-order valence-electron chi connectivity index (χ2n) is 5.92. The first-order chi connectivity index (χ1) is 7.64. The van der Waals surface area contributed by atoms with E-state index in [2.05, 4.69) is 6.92 Å². The van der Waals surface area contributed by atoms with Crippen LogP contribution in [0.5, 0.6) is 0 Å². The van der Waals surface area contributed by atoms with Crippen LogP contribution in [0, 0.1) is 11.8 Å². The van der Waals surface area contributed by atoms with Crippen molar-refractivity contribution in [3.63, 3.8) is 0 Å². The molecule has 2 heteroatoms. The van der Waals surface area contributed by atoms with E-state index in [1.165, 1.54) is 25.7 Å². The lowest BCUT2D eigenvalue weighted by atomic mass is 9.69. The van der Waals surface area contributed by atoms with E-state index in [0.29, 0.717) is 24.0 Å². The number of carbonyl (C=O) groups is 1. The van der Waals surface area contributed by atoms with Crippen molar-refractivity contribution in [3.05, 3.63) is 0 Å². The Hall–Kier alpha value is -0.370. The molecule has 0 aliphatic heterocycles. The van der Waals surface area contributed by atoms with Gasteiger partial charge in [-0.05, 0) is 38.0 Å². The smallest absolute Gasteiger partial charge is 0.138 e. The summed E-state index contributed by atoms with van der Waals surface area (Å²) < 4.78 is 0. The monoisotopic (exact) mass is 223 g/mol. The van der Waals surface area contributed by atoms with Crippen LogP contribution >= 0.6 is 0 Å². The van der Waals surface area contributed by atoms with Crippen molar-refractivity contribution in [3.8, 4) is 0 Å². The molecular formula is C14H25NO. The van der Waals surface area contributed by atoms with Crippen molar-refractivity contribution in [2.24, 2.45) is 17.6 Å². The predicted octanol–water partition coefficient (Wildman–Crippen LogP) is 3.04. The van der Waals surface area contributed by atoms with E-state index < -0.39 is 0 Å². The molecule has 0 heterocycles. The van der Waals surface area contributed by atoms with E-state index in [-0.39, 0.29) is 5.54 Å². The third kappa shape index (κ3) is 2.48. The third-order valence-electron chi connectivity index (χ3n) is 4.72. The van der Waals surface area contributed by atoms with Crippen molar-refractivity contribution in [2.45, 2.75) is 70.3 Å². The van der Waals surface area contributed by atoms with Gasteiger partial charge in [0.05, 0.1) is 0 Å². The minimum Gasteiger partial charge on any atom is -0.325 e. The Bertz CT molecular complexity index is 257. The third-order valence-corrected chi connectivity index (χ3v) is 4.72. The molecule has 0 aromatic heterocycles. The molecular weight excluding hydrogens is 198 g/mol. The summed E-state index contributed by atoms with van der Waals surface area (Å²) in [6.07, 6.45) is 10.1. The number of hydrogen-bond acceptors (Lipinski definition) is 2. The fraction of sp³-hybridized carbons (Fsp3) is 0.929. The van der Waals surface area contributed by atoms with Gasteiger partial charge in [0.2, 0.25) is 0 Å². The van der Waals surface area contributed by atoms with Crippen LogP contribution in [0.4, 0.5) is 0 Å². The summed E-state index contributed by atoms with van der Waals surface area (Å²) >= 11 is 0. The maximum Gasteiger partial charge on any atom is 0.138 e. The first-order valence-corrected chi connectivity index (χ1v) is 6.96. The Labute approximate surface area is 99.0 Å². The highest BCUT2D eigenvalue weighted by molar-refractivity contribution is 5.82. The van der Waals surface area contributed by atoms with Crippen molar-refractivity contribution >= 4 is 5.78 Å². The van der Waals surface area contributed by atoms with E-state index in [1.807, 2.05) is 0 Å². The Morgan fingerprint density at radius 2 is 1.94 bits per heavy atom. The Morgan fingerprint density at radius 3 is 2.50 bits per heavy atom. The van der Waals surface area contributed by atoms with Gasteiger partial charge in [-0.25, -0.2) is 0 Å². The van der Waals surface area contributed by atoms with Gasteiger partial charge in [0.25, 0.3) is 0 Å². The molecule has 2 atom stereocenters. The average molecular weight is 223 g/mol. The van der Waals surface area contributed by atoms with Gasteiger partial charge in [-0.2, -0.15) is 0 Å². The Balaban J connectivity index is 1.91. The first kappa shape index (κ1) is 12.1. The minimum absolute atomic E-state index is 0.118. The van der Waals surface area contributed by atoms with Crippen LogP contribution in [0.15, 0.2) is 0 Å². The quantitative estimate of drug-likeness (QED) is 0.796. The van der Waals surface area contributed by atoms with Crippen molar-refractivity contribution in [1.29, 1.82) is 0 Å². The zero-order valence-corrected chi connectivity index (χ0v) is 10.5. The summed E-state index contributed by atoms with van der Waals surface area (Å²) in [4.78, 5) is 12.3. The van der Waals surface area contributed by atoms with Gasteiger partial charge in [-0.3, -0.25) is 4.79 Å². The SMILES string of the molecule is CCC1CCCCC1C(=O)CC1(N)CCC1. The summed E-state index contributed by atoms with van der Waals surface area (Å²) in [5.74, 6) is 1.44. The molecule has 2 rings (SSSR count). The molecule has 0 aromatic rings. The Morgan fingerprint density at radius 1 is 1.25 bits per heavy atom. The van der Waals surface area contributed by atoms with Gasteiger partial charge >= 0.3 is 0 Å². The lowest BCUT2D eigenvalue weighted by Gasteiger charge is -2.40. The molecule has 2 aliphatic carbocycles. The second kappa shape index (κ2) is 4.87. The van der Waals surface area contributed by atoms with E-state index >= 15 is 0 Å². The van der Waals surface area contributed by atoms with Crippen LogP contribution in [-0.4, -0.2) is 11.3 Å². The second-order valence-corrected chi connectivity index (χ2v) is 5.92. The highest BCUT2D eigenvalue weighted by Crippen LogP contribution is 2.38. The van der Waals surface area contributed by atoms with E-state index in [9.17, 15) is 4.79 Å². The largest absolute Gasteiger partial charge is 0.325 e. The minimum atomic E-state index is -0.118. The summed E-state index contributed by atoms with van der Waals surface area (Å²) in [6.45, 7) is 2.22. The molecule has 0 radical (unpaired) electrons. The average Bonchev–Trinajstić information content (AvgIpc) is 2.26. The maximum absolute atomic E-state index is 12.3. The summed E-state index contributed by atoms with van der Waals surface area (Å²) in [5, 5.41) is 0. The topological polar surface area (TPSA) is 43.1 Å². The zero-order valence-electron chi connectivity index (χ0n) is 10.5. The van der Waals surface area contributed by atoms with Crippen LogP contribution in [0.1, 0.15) is 64.7 Å². The van der Waals surface area contributed by atoms with E-state index in [1.54, 1.807) is 0 Å². The van der Waals surface area contributed by atoms with Crippen molar-refractivity contribution in [1.82, 2.24) is 0 Å².